The average molecular weight is 300 g/mol. The summed E-state index contributed by atoms with van der Waals surface area (Å²) in [5, 5.41) is 3.38. The number of aromatic nitrogens is 3. The Hall–Kier alpha value is -1.14. The van der Waals surface area contributed by atoms with Crippen LogP contribution in [-0.2, 0) is 4.74 Å². The summed E-state index contributed by atoms with van der Waals surface area (Å²) in [5.74, 6) is 1.17. The molecule has 7 heteroatoms. The van der Waals surface area contributed by atoms with E-state index in [2.05, 4.69) is 25.2 Å². The molecule has 0 radical (unpaired) electrons. The zero-order valence-corrected chi connectivity index (χ0v) is 12.9. The van der Waals surface area contributed by atoms with Crippen LogP contribution in [0.1, 0.15) is 33.1 Å². The molecule has 112 valence electrons. The van der Waals surface area contributed by atoms with Crippen molar-refractivity contribution in [3.05, 3.63) is 5.28 Å². The van der Waals surface area contributed by atoms with Gasteiger partial charge in [-0.1, -0.05) is 0 Å². The number of hydrogen-bond donors (Lipinski definition) is 1. The number of halogens is 1. The maximum Gasteiger partial charge on any atom is 0.231 e. The van der Waals surface area contributed by atoms with Gasteiger partial charge in [0.1, 0.15) is 0 Å². The van der Waals surface area contributed by atoms with Crippen molar-refractivity contribution in [2.24, 2.45) is 0 Å². The lowest BCUT2D eigenvalue weighted by atomic mass is 10.1. The first-order valence-corrected chi connectivity index (χ1v) is 7.59. The normalized spacial score (nSPS) is 17.1. The molecule has 6 nitrogen and oxygen atoms in total. The Labute approximate surface area is 124 Å². The second-order valence-electron chi connectivity index (χ2n) is 4.92. The highest BCUT2D eigenvalue weighted by atomic mass is 35.5. The van der Waals surface area contributed by atoms with Gasteiger partial charge < -0.3 is 15.0 Å². The minimum atomic E-state index is 0.106. The summed E-state index contributed by atoms with van der Waals surface area (Å²) in [6.07, 6.45) is 3.72. The molecule has 1 saturated heterocycles. The molecule has 1 fully saturated rings. The van der Waals surface area contributed by atoms with Gasteiger partial charge in [0.15, 0.2) is 0 Å². The van der Waals surface area contributed by atoms with Crippen LogP contribution in [0.25, 0.3) is 0 Å². The van der Waals surface area contributed by atoms with Crippen molar-refractivity contribution in [1.29, 1.82) is 0 Å². The van der Waals surface area contributed by atoms with Crippen LogP contribution in [0, 0.1) is 0 Å². The molecule has 0 aliphatic carbocycles. The van der Waals surface area contributed by atoms with E-state index in [1.807, 2.05) is 13.8 Å². The lowest BCUT2D eigenvalue weighted by molar-refractivity contribution is 0.0854. The molecule has 1 aromatic heterocycles. The summed E-state index contributed by atoms with van der Waals surface area (Å²) in [7, 11) is 0. The van der Waals surface area contributed by atoms with Gasteiger partial charge in [-0.2, -0.15) is 15.0 Å². The standard InChI is InChI=1S/C13H22ClN5O/c1-3-20-10(2)9-15-12-16-11(14)17-13(18-12)19-7-5-4-6-8-19/h10H,3-9H2,1-2H3,(H,15,16,17,18). The Morgan fingerprint density at radius 2 is 2.00 bits per heavy atom. The van der Waals surface area contributed by atoms with E-state index in [0.717, 1.165) is 13.1 Å². The van der Waals surface area contributed by atoms with Gasteiger partial charge in [0.2, 0.25) is 17.2 Å². The molecule has 1 atom stereocenters. The van der Waals surface area contributed by atoms with Crippen LogP contribution >= 0.6 is 11.6 Å². The molecule has 0 spiro atoms. The third kappa shape index (κ3) is 4.45. The number of rotatable bonds is 6. The van der Waals surface area contributed by atoms with E-state index in [-0.39, 0.29) is 11.4 Å². The SMILES string of the molecule is CCOC(C)CNc1nc(Cl)nc(N2CCCCC2)n1. The first-order chi connectivity index (χ1) is 9.69. The third-order valence-corrected chi connectivity index (χ3v) is 3.40. The Morgan fingerprint density at radius 1 is 1.25 bits per heavy atom. The summed E-state index contributed by atoms with van der Waals surface area (Å²) < 4.78 is 5.46. The van der Waals surface area contributed by atoms with Crippen molar-refractivity contribution < 1.29 is 4.74 Å². The van der Waals surface area contributed by atoms with Gasteiger partial charge >= 0.3 is 0 Å². The van der Waals surface area contributed by atoms with E-state index in [4.69, 9.17) is 16.3 Å². The predicted molar refractivity (Wildman–Crippen MR) is 80.5 cm³/mol. The molecular formula is C13H22ClN5O. The summed E-state index contributed by atoms with van der Waals surface area (Å²) in [6.45, 7) is 7.29. The summed E-state index contributed by atoms with van der Waals surface area (Å²) in [5.41, 5.74) is 0. The van der Waals surface area contributed by atoms with Gasteiger partial charge in [-0.3, -0.25) is 0 Å². The molecule has 1 aliphatic rings. The van der Waals surface area contributed by atoms with E-state index in [1.165, 1.54) is 19.3 Å². The van der Waals surface area contributed by atoms with E-state index in [0.29, 0.717) is 25.0 Å². The zero-order chi connectivity index (χ0) is 14.4. The first kappa shape index (κ1) is 15.3. The Kier molecular flexibility index (Phi) is 5.79. The van der Waals surface area contributed by atoms with Crippen molar-refractivity contribution in [1.82, 2.24) is 15.0 Å². The smallest absolute Gasteiger partial charge is 0.231 e. The molecule has 2 heterocycles. The van der Waals surface area contributed by atoms with E-state index in [9.17, 15) is 0 Å². The number of nitrogens with one attached hydrogen (secondary N) is 1. The first-order valence-electron chi connectivity index (χ1n) is 7.21. The number of piperidine rings is 1. The molecular weight excluding hydrogens is 278 g/mol. The van der Waals surface area contributed by atoms with Crippen molar-refractivity contribution >= 4 is 23.5 Å². The van der Waals surface area contributed by atoms with Crippen LogP contribution in [0.4, 0.5) is 11.9 Å². The van der Waals surface area contributed by atoms with Crippen LogP contribution in [-0.4, -0.2) is 47.3 Å². The highest BCUT2D eigenvalue weighted by Crippen LogP contribution is 2.18. The topological polar surface area (TPSA) is 63.2 Å². The third-order valence-electron chi connectivity index (χ3n) is 3.23. The summed E-state index contributed by atoms with van der Waals surface area (Å²) >= 11 is 5.99. The van der Waals surface area contributed by atoms with Crippen molar-refractivity contribution in [3.8, 4) is 0 Å². The molecule has 0 saturated carbocycles. The Bertz CT molecular complexity index is 425. The van der Waals surface area contributed by atoms with Crippen LogP contribution in [0.15, 0.2) is 0 Å². The van der Waals surface area contributed by atoms with E-state index >= 15 is 0 Å². The van der Waals surface area contributed by atoms with Gasteiger partial charge in [-0.05, 0) is 44.7 Å². The second kappa shape index (κ2) is 7.59. The fourth-order valence-corrected chi connectivity index (χ4v) is 2.39. The van der Waals surface area contributed by atoms with E-state index in [1.54, 1.807) is 0 Å². The van der Waals surface area contributed by atoms with Crippen LogP contribution < -0.4 is 10.2 Å². The maximum absolute atomic E-state index is 5.99. The molecule has 1 N–H and O–H groups in total. The predicted octanol–water partition coefficient (Wildman–Crippen LogP) is 2.35. The van der Waals surface area contributed by atoms with Gasteiger partial charge in [0.05, 0.1) is 6.10 Å². The van der Waals surface area contributed by atoms with Crippen LogP contribution in [0.3, 0.4) is 0 Å². The molecule has 0 aromatic carbocycles. The fraction of sp³-hybridized carbons (Fsp3) is 0.769. The van der Waals surface area contributed by atoms with Crippen molar-refractivity contribution in [2.45, 2.75) is 39.2 Å². The quantitative estimate of drug-likeness (QED) is 0.870. The fourth-order valence-electron chi connectivity index (χ4n) is 2.23. The monoisotopic (exact) mass is 299 g/mol. The lowest BCUT2D eigenvalue weighted by Gasteiger charge is -2.26. The van der Waals surface area contributed by atoms with Gasteiger partial charge in [0, 0.05) is 26.2 Å². The molecule has 20 heavy (non-hydrogen) atoms. The Morgan fingerprint density at radius 3 is 2.70 bits per heavy atom. The molecule has 2 rings (SSSR count). The van der Waals surface area contributed by atoms with E-state index < -0.39 is 0 Å². The number of anilines is 2. The van der Waals surface area contributed by atoms with Crippen LogP contribution in [0.5, 0.6) is 0 Å². The molecule has 1 aliphatic heterocycles. The highest BCUT2D eigenvalue weighted by molar-refractivity contribution is 6.28. The van der Waals surface area contributed by atoms with Gasteiger partial charge in [-0.25, -0.2) is 0 Å². The molecule has 0 bridgehead atoms. The van der Waals surface area contributed by atoms with Gasteiger partial charge in [-0.15, -0.1) is 0 Å². The largest absolute Gasteiger partial charge is 0.377 e. The molecule has 1 unspecified atom stereocenters. The average Bonchev–Trinajstić information content (AvgIpc) is 2.46. The lowest BCUT2D eigenvalue weighted by Crippen LogP contribution is -2.31. The second-order valence-corrected chi connectivity index (χ2v) is 5.26. The molecule has 0 amide bonds. The minimum Gasteiger partial charge on any atom is -0.377 e. The Balaban J connectivity index is 2.00. The van der Waals surface area contributed by atoms with Crippen LogP contribution in [0.2, 0.25) is 5.28 Å². The van der Waals surface area contributed by atoms with Gasteiger partial charge in [0.25, 0.3) is 0 Å². The number of hydrogen-bond acceptors (Lipinski definition) is 6. The minimum absolute atomic E-state index is 0.106. The number of ether oxygens (including phenoxy) is 1. The molecule has 1 aromatic rings. The highest BCUT2D eigenvalue weighted by Gasteiger charge is 2.15. The summed E-state index contributed by atoms with van der Waals surface area (Å²) in [6, 6.07) is 0. The maximum atomic E-state index is 5.99. The van der Waals surface area contributed by atoms with Crippen molar-refractivity contribution in [3.63, 3.8) is 0 Å². The summed E-state index contributed by atoms with van der Waals surface area (Å²) in [4.78, 5) is 14.9. The van der Waals surface area contributed by atoms with Crippen molar-refractivity contribution in [2.75, 3.05) is 36.5 Å². The number of nitrogens with zero attached hydrogens (tertiary/aromatic N) is 4. The zero-order valence-electron chi connectivity index (χ0n) is 12.1.